The number of hydrogen-bond donors (Lipinski definition) is 1. The van der Waals surface area contributed by atoms with E-state index in [1.54, 1.807) is 12.1 Å². The molecule has 0 atom stereocenters. The highest BCUT2D eigenvalue weighted by atomic mass is 79.9. The van der Waals surface area contributed by atoms with Crippen LogP contribution in [0.4, 0.5) is 5.69 Å². The fourth-order valence-corrected chi connectivity index (χ4v) is 4.15. The molecule has 94 valence electrons. The maximum absolute atomic E-state index is 12.4. The Morgan fingerprint density at radius 1 is 1.47 bits per heavy atom. The first-order chi connectivity index (χ1) is 8.05. The first-order valence-corrected chi connectivity index (χ1v) is 7.82. The molecule has 0 fully saturated rings. The van der Waals surface area contributed by atoms with E-state index in [-0.39, 0.29) is 0 Å². The van der Waals surface area contributed by atoms with Gasteiger partial charge in [0.15, 0.2) is 0 Å². The average molecular weight is 319 g/mol. The van der Waals surface area contributed by atoms with Crippen molar-refractivity contribution in [3.63, 3.8) is 0 Å². The van der Waals surface area contributed by atoms with Gasteiger partial charge in [0, 0.05) is 24.1 Å². The second-order valence-electron chi connectivity index (χ2n) is 3.97. The van der Waals surface area contributed by atoms with Crippen molar-refractivity contribution in [1.29, 1.82) is 0 Å². The molecule has 0 unspecified atom stereocenters. The van der Waals surface area contributed by atoms with Gasteiger partial charge < -0.3 is 5.32 Å². The zero-order chi connectivity index (χ0) is 12.5. The third kappa shape index (κ3) is 2.48. The van der Waals surface area contributed by atoms with Gasteiger partial charge >= 0.3 is 0 Å². The van der Waals surface area contributed by atoms with Gasteiger partial charge in [-0.1, -0.05) is 22.9 Å². The van der Waals surface area contributed by atoms with Crippen LogP contribution in [-0.4, -0.2) is 32.4 Å². The van der Waals surface area contributed by atoms with Gasteiger partial charge in [-0.15, -0.1) is 0 Å². The van der Waals surface area contributed by atoms with Crippen LogP contribution in [0.1, 0.15) is 13.3 Å². The first kappa shape index (κ1) is 12.9. The number of halogens is 1. The van der Waals surface area contributed by atoms with Crippen LogP contribution in [0.2, 0.25) is 0 Å². The molecule has 1 aliphatic rings. The number of benzene rings is 1. The van der Waals surface area contributed by atoms with E-state index >= 15 is 0 Å². The standard InChI is InChI=1S/C11H15BrN2O2S/c1-2-6-14-7-5-13-10-4-3-9(12)8-11(10)17(14,15)16/h3-4,8,13H,2,5-7H2,1H3. The molecule has 1 aliphatic heterocycles. The normalized spacial score (nSPS) is 19.2. The van der Waals surface area contributed by atoms with Crippen molar-refractivity contribution < 1.29 is 8.42 Å². The highest BCUT2D eigenvalue weighted by Crippen LogP contribution is 2.29. The molecule has 1 N–H and O–H groups in total. The lowest BCUT2D eigenvalue weighted by Crippen LogP contribution is -2.33. The minimum atomic E-state index is -3.36. The lowest BCUT2D eigenvalue weighted by Gasteiger charge is -2.18. The van der Waals surface area contributed by atoms with Gasteiger partial charge in [0.2, 0.25) is 10.0 Å². The Morgan fingerprint density at radius 2 is 2.24 bits per heavy atom. The van der Waals surface area contributed by atoms with Gasteiger partial charge in [-0.25, -0.2) is 8.42 Å². The summed E-state index contributed by atoms with van der Waals surface area (Å²) >= 11 is 3.32. The summed E-state index contributed by atoms with van der Waals surface area (Å²) < 4.78 is 27.2. The minimum absolute atomic E-state index is 0.359. The number of sulfonamides is 1. The van der Waals surface area contributed by atoms with Crippen LogP contribution in [0.25, 0.3) is 0 Å². The first-order valence-electron chi connectivity index (χ1n) is 5.59. The van der Waals surface area contributed by atoms with Gasteiger partial charge in [0.05, 0.1) is 5.69 Å². The molecule has 1 heterocycles. The van der Waals surface area contributed by atoms with Crippen molar-refractivity contribution in [2.24, 2.45) is 0 Å². The zero-order valence-electron chi connectivity index (χ0n) is 9.61. The molecule has 0 spiro atoms. The fourth-order valence-electron chi connectivity index (χ4n) is 1.91. The lowest BCUT2D eigenvalue weighted by atomic mass is 10.3. The van der Waals surface area contributed by atoms with E-state index in [9.17, 15) is 8.42 Å². The van der Waals surface area contributed by atoms with Crippen LogP contribution < -0.4 is 5.32 Å². The van der Waals surface area contributed by atoms with Crippen molar-refractivity contribution in [2.45, 2.75) is 18.2 Å². The number of nitrogens with one attached hydrogen (secondary N) is 1. The number of anilines is 1. The number of rotatable bonds is 2. The molecule has 0 aliphatic carbocycles. The minimum Gasteiger partial charge on any atom is -0.383 e. The maximum atomic E-state index is 12.4. The molecule has 17 heavy (non-hydrogen) atoms. The Kier molecular flexibility index (Phi) is 3.75. The van der Waals surface area contributed by atoms with Crippen LogP contribution in [0.5, 0.6) is 0 Å². The molecule has 0 bridgehead atoms. The molecule has 2 rings (SSSR count). The maximum Gasteiger partial charge on any atom is 0.245 e. The monoisotopic (exact) mass is 318 g/mol. The van der Waals surface area contributed by atoms with Gasteiger partial charge in [-0.2, -0.15) is 4.31 Å². The Bertz CT molecular complexity index is 516. The molecule has 0 aromatic heterocycles. The molecule has 0 saturated heterocycles. The van der Waals surface area contributed by atoms with Gasteiger partial charge in [0.1, 0.15) is 4.90 Å². The second kappa shape index (κ2) is 4.96. The summed E-state index contributed by atoms with van der Waals surface area (Å²) in [4.78, 5) is 0.359. The summed E-state index contributed by atoms with van der Waals surface area (Å²) in [6.07, 6.45) is 0.822. The van der Waals surface area contributed by atoms with E-state index in [0.29, 0.717) is 30.2 Å². The van der Waals surface area contributed by atoms with Crippen molar-refractivity contribution >= 4 is 31.6 Å². The van der Waals surface area contributed by atoms with Crippen LogP contribution in [0.15, 0.2) is 27.6 Å². The molecule has 4 nitrogen and oxygen atoms in total. The van der Waals surface area contributed by atoms with Crippen LogP contribution in [-0.2, 0) is 10.0 Å². The van der Waals surface area contributed by atoms with Crippen LogP contribution >= 0.6 is 15.9 Å². The smallest absolute Gasteiger partial charge is 0.245 e. The third-order valence-corrected chi connectivity index (χ3v) is 5.14. The molecule has 6 heteroatoms. The number of fused-ring (bicyclic) bond motifs is 1. The Morgan fingerprint density at radius 3 is 2.94 bits per heavy atom. The molecular weight excluding hydrogens is 304 g/mol. The highest BCUT2D eigenvalue weighted by molar-refractivity contribution is 9.10. The SMILES string of the molecule is CCCN1CCNc2ccc(Br)cc2S1(=O)=O. The van der Waals surface area contributed by atoms with E-state index in [2.05, 4.69) is 21.2 Å². The lowest BCUT2D eigenvalue weighted by molar-refractivity contribution is 0.425. The second-order valence-corrected chi connectivity index (χ2v) is 6.79. The van der Waals surface area contributed by atoms with Crippen molar-refractivity contribution in [2.75, 3.05) is 25.0 Å². The van der Waals surface area contributed by atoms with Crippen molar-refractivity contribution in [3.8, 4) is 0 Å². The van der Waals surface area contributed by atoms with Gasteiger partial charge in [-0.05, 0) is 24.6 Å². The molecule has 1 aromatic carbocycles. The summed E-state index contributed by atoms with van der Waals surface area (Å²) in [6, 6.07) is 5.30. The summed E-state index contributed by atoms with van der Waals surface area (Å²) in [6.45, 7) is 3.71. The van der Waals surface area contributed by atoms with Gasteiger partial charge in [-0.3, -0.25) is 0 Å². The predicted molar refractivity (Wildman–Crippen MR) is 71.7 cm³/mol. The Labute approximate surface area is 110 Å². The zero-order valence-corrected chi connectivity index (χ0v) is 12.0. The molecular formula is C11H15BrN2O2S. The molecule has 1 aromatic rings. The van der Waals surface area contributed by atoms with Gasteiger partial charge in [0.25, 0.3) is 0 Å². The molecule has 0 amide bonds. The predicted octanol–water partition coefficient (Wildman–Crippen LogP) is 2.28. The molecule has 0 radical (unpaired) electrons. The Balaban J connectivity index is 2.52. The summed E-state index contributed by atoms with van der Waals surface area (Å²) in [5.74, 6) is 0. The quantitative estimate of drug-likeness (QED) is 0.910. The fraction of sp³-hybridized carbons (Fsp3) is 0.455. The summed E-state index contributed by atoms with van der Waals surface area (Å²) in [5, 5.41) is 3.15. The van der Waals surface area contributed by atoms with Crippen molar-refractivity contribution in [1.82, 2.24) is 4.31 Å². The topological polar surface area (TPSA) is 49.4 Å². The largest absolute Gasteiger partial charge is 0.383 e. The van der Waals surface area contributed by atoms with Crippen molar-refractivity contribution in [3.05, 3.63) is 22.7 Å². The van der Waals surface area contributed by atoms with E-state index < -0.39 is 10.0 Å². The van der Waals surface area contributed by atoms with E-state index in [4.69, 9.17) is 0 Å². The van der Waals surface area contributed by atoms with E-state index in [0.717, 1.165) is 10.9 Å². The Hall–Kier alpha value is -0.590. The third-order valence-electron chi connectivity index (χ3n) is 2.71. The summed E-state index contributed by atoms with van der Waals surface area (Å²) in [7, 11) is -3.36. The van der Waals surface area contributed by atoms with E-state index in [1.807, 2.05) is 13.0 Å². The molecule has 0 saturated carbocycles. The number of hydrogen-bond acceptors (Lipinski definition) is 3. The highest BCUT2D eigenvalue weighted by Gasteiger charge is 2.28. The van der Waals surface area contributed by atoms with Crippen LogP contribution in [0, 0.1) is 0 Å². The average Bonchev–Trinajstić information content (AvgIpc) is 2.39. The van der Waals surface area contributed by atoms with Crippen LogP contribution in [0.3, 0.4) is 0 Å². The summed E-state index contributed by atoms with van der Waals surface area (Å²) in [5.41, 5.74) is 0.687. The van der Waals surface area contributed by atoms with E-state index in [1.165, 1.54) is 4.31 Å². The number of nitrogens with zero attached hydrogens (tertiary/aromatic N) is 1.